The number of thiophene rings is 1. The fourth-order valence-corrected chi connectivity index (χ4v) is 3.35. The summed E-state index contributed by atoms with van der Waals surface area (Å²) in [6.07, 6.45) is 4.21. The largest absolute Gasteiger partial charge is 0.352 e. The number of rotatable bonds is 6. The zero-order valence-corrected chi connectivity index (χ0v) is 12.3. The number of nitrogens with one attached hydrogen (secondary N) is 1. The van der Waals surface area contributed by atoms with Gasteiger partial charge in [0, 0.05) is 16.8 Å². The molecule has 19 heavy (non-hydrogen) atoms. The Labute approximate surface area is 120 Å². The summed E-state index contributed by atoms with van der Waals surface area (Å²) in [7, 11) is 0. The zero-order valence-electron chi connectivity index (χ0n) is 10.7. The Morgan fingerprint density at radius 1 is 1.58 bits per heavy atom. The van der Waals surface area contributed by atoms with Crippen LogP contribution in [-0.2, 0) is 11.2 Å². The van der Waals surface area contributed by atoms with Crippen LogP contribution in [-0.4, -0.2) is 28.2 Å². The van der Waals surface area contributed by atoms with Crippen molar-refractivity contribution in [2.45, 2.75) is 18.4 Å². The molecule has 0 fully saturated rings. The van der Waals surface area contributed by atoms with Gasteiger partial charge in [-0.25, -0.2) is 9.97 Å². The number of hydrogen-bond acceptors (Lipinski definition) is 5. The minimum absolute atomic E-state index is 0.0115. The molecule has 0 aliphatic rings. The van der Waals surface area contributed by atoms with E-state index in [1.807, 2.05) is 0 Å². The van der Waals surface area contributed by atoms with Gasteiger partial charge in [0.25, 0.3) is 0 Å². The maximum Gasteiger partial charge on any atom is 0.230 e. The van der Waals surface area contributed by atoms with E-state index in [1.165, 1.54) is 16.6 Å². The average Bonchev–Trinajstić information content (AvgIpc) is 2.86. The number of amides is 1. The molecular weight excluding hydrogens is 278 g/mol. The Kier molecular flexibility index (Phi) is 4.93. The molecule has 2 aromatic heterocycles. The average molecular weight is 293 g/mol. The molecule has 0 atom stereocenters. The van der Waals surface area contributed by atoms with Gasteiger partial charge in [-0.2, -0.15) is 0 Å². The lowest BCUT2D eigenvalue weighted by Gasteiger charge is -2.02. The topological polar surface area (TPSA) is 54.9 Å². The van der Waals surface area contributed by atoms with E-state index in [0.717, 1.165) is 21.7 Å². The highest BCUT2D eigenvalue weighted by Gasteiger charge is 2.10. The molecule has 1 amide bonds. The number of aromatic nitrogens is 2. The van der Waals surface area contributed by atoms with Crippen molar-refractivity contribution in [3.8, 4) is 0 Å². The van der Waals surface area contributed by atoms with E-state index in [0.29, 0.717) is 12.3 Å². The van der Waals surface area contributed by atoms with E-state index >= 15 is 0 Å². The van der Waals surface area contributed by atoms with E-state index < -0.39 is 0 Å². The van der Waals surface area contributed by atoms with Crippen LogP contribution in [0.3, 0.4) is 0 Å². The Hall–Kier alpha value is -1.40. The van der Waals surface area contributed by atoms with Gasteiger partial charge in [0.05, 0.1) is 5.75 Å². The molecule has 0 saturated heterocycles. The molecule has 0 aromatic carbocycles. The van der Waals surface area contributed by atoms with Crippen molar-refractivity contribution >= 4 is 39.2 Å². The van der Waals surface area contributed by atoms with Crippen molar-refractivity contribution in [2.75, 3.05) is 12.3 Å². The molecule has 2 aromatic rings. The number of carbonyl (C=O) groups is 1. The second-order valence-corrected chi connectivity index (χ2v) is 5.92. The van der Waals surface area contributed by atoms with Gasteiger partial charge in [-0.3, -0.25) is 4.79 Å². The first kappa shape index (κ1) is 14.0. The van der Waals surface area contributed by atoms with E-state index in [-0.39, 0.29) is 5.91 Å². The van der Waals surface area contributed by atoms with E-state index in [2.05, 4.69) is 34.9 Å². The first-order valence-electron chi connectivity index (χ1n) is 5.98. The number of thioether (sulfide) groups is 1. The summed E-state index contributed by atoms with van der Waals surface area (Å²) in [5.41, 5.74) is 0. The highest BCUT2D eigenvalue weighted by molar-refractivity contribution is 8.00. The third-order valence-corrected chi connectivity index (χ3v) is 4.67. The molecule has 0 saturated carbocycles. The molecular formula is C13H15N3OS2. The van der Waals surface area contributed by atoms with Crippen LogP contribution in [0.4, 0.5) is 0 Å². The summed E-state index contributed by atoms with van der Waals surface area (Å²) < 4.78 is 0. The maximum atomic E-state index is 11.6. The van der Waals surface area contributed by atoms with Crippen LogP contribution in [0.5, 0.6) is 0 Å². The van der Waals surface area contributed by atoms with E-state index in [4.69, 9.17) is 0 Å². The van der Waals surface area contributed by atoms with Crippen molar-refractivity contribution in [2.24, 2.45) is 0 Å². The summed E-state index contributed by atoms with van der Waals surface area (Å²) in [6, 6.07) is 2.12. The summed E-state index contributed by atoms with van der Waals surface area (Å²) in [5.74, 6) is 0.347. The predicted octanol–water partition coefficient (Wildman–Crippen LogP) is 2.65. The van der Waals surface area contributed by atoms with E-state index in [9.17, 15) is 4.79 Å². The van der Waals surface area contributed by atoms with Gasteiger partial charge in [0.2, 0.25) is 5.91 Å². The van der Waals surface area contributed by atoms with Crippen LogP contribution < -0.4 is 5.32 Å². The Morgan fingerprint density at radius 3 is 3.16 bits per heavy atom. The minimum atomic E-state index is -0.0115. The Balaban J connectivity index is 2.09. The third-order valence-electron chi connectivity index (χ3n) is 2.48. The molecule has 100 valence electrons. The van der Waals surface area contributed by atoms with Crippen molar-refractivity contribution in [3.63, 3.8) is 0 Å². The summed E-state index contributed by atoms with van der Waals surface area (Å²) >= 11 is 3.12. The monoisotopic (exact) mass is 293 g/mol. The van der Waals surface area contributed by atoms with Crippen molar-refractivity contribution in [1.82, 2.24) is 15.3 Å². The molecule has 2 heterocycles. The number of aryl methyl sites for hydroxylation is 1. The van der Waals surface area contributed by atoms with Gasteiger partial charge in [-0.05, 0) is 12.5 Å². The quantitative estimate of drug-likeness (QED) is 0.505. The molecule has 4 nitrogen and oxygen atoms in total. The van der Waals surface area contributed by atoms with Crippen molar-refractivity contribution < 1.29 is 4.79 Å². The lowest BCUT2D eigenvalue weighted by molar-refractivity contribution is -0.118. The van der Waals surface area contributed by atoms with Gasteiger partial charge in [-0.1, -0.05) is 24.8 Å². The van der Waals surface area contributed by atoms with Gasteiger partial charge in [-0.15, -0.1) is 17.9 Å². The third kappa shape index (κ3) is 3.54. The number of fused-ring (bicyclic) bond motifs is 1. The van der Waals surface area contributed by atoms with Crippen molar-refractivity contribution in [1.29, 1.82) is 0 Å². The van der Waals surface area contributed by atoms with Crippen LogP contribution in [0.1, 0.15) is 11.8 Å². The first-order valence-corrected chi connectivity index (χ1v) is 7.78. The number of carbonyl (C=O) groups excluding carboxylic acids is 1. The van der Waals surface area contributed by atoms with Gasteiger partial charge in [0.15, 0.2) is 0 Å². The van der Waals surface area contributed by atoms with Gasteiger partial charge < -0.3 is 5.32 Å². The standard InChI is InChI=1S/C13H15N3OS2/c1-3-5-14-11(17)7-18-12-10-6-9(4-2)19-13(10)16-8-15-12/h3,6,8H,1,4-5,7H2,2H3,(H,14,17). The van der Waals surface area contributed by atoms with Crippen LogP contribution >= 0.6 is 23.1 Å². The van der Waals surface area contributed by atoms with E-state index in [1.54, 1.807) is 23.7 Å². The molecule has 0 spiro atoms. The minimum Gasteiger partial charge on any atom is -0.352 e. The Morgan fingerprint density at radius 2 is 2.42 bits per heavy atom. The SMILES string of the molecule is C=CCNC(=O)CSc1ncnc2sc(CC)cc12. The number of hydrogen-bond donors (Lipinski definition) is 1. The highest BCUT2D eigenvalue weighted by atomic mass is 32.2. The summed E-state index contributed by atoms with van der Waals surface area (Å²) in [6.45, 7) is 6.18. The lowest BCUT2D eigenvalue weighted by Crippen LogP contribution is -2.24. The fourth-order valence-electron chi connectivity index (χ4n) is 1.54. The van der Waals surface area contributed by atoms with Crippen LogP contribution in [0.25, 0.3) is 10.2 Å². The zero-order chi connectivity index (χ0) is 13.7. The van der Waals surface area contributed by atoms with Crippen LogP contribution in [0.2, 0.25) is 0 Å². The molecule has 0 unspecified atom stereocenters. The van der Waals surface area contributed by atoms with Crippen molar-refractivity contribution in [3.05, 3.63) is 29.9 Å². The smallest absolute Gasteiger partial charge is 0.230 e. The Bertz CT molecular complexity index is 595. The predicted molar refractivity (Wildman–Crippen MR) is 80.7 cm³/mol. The summed E-state index contributed by atoms with van der Waals surface area (Å²) in [5, 5.41) is 4.67. The number of nitrogens with zero attached hydrogens (tertiary/aromatic N) is 2. The highest BCUT2D eigenvalue weighted by Crippen LogP contribution is 2.30. The second-order valence-electron chi connectivity index (χ2n) is 3.85. The van der Waals surface area contributed by atoms with Gasteiger partial charge >= 0.3 is 0 Å². The first-order chi connectivity index (χ1) is 9.24. The van der Waals surface area contributed by atoms with Crippen LogP contribution in [0, 0.1) is 0 Å². The molecule has 0 radical (unpaired) electrons. The second kappa shape index (κ2) is 6.68. The molecule has 6 heteroatoms. The molecule has 1 N–H and O–H groups in total. The fraction of sp³-hybridized carbons (Fsp3) is 0.308. The van der Waals surface area contributed by atoms with Gasteiger partial charge in [0.1, 0.15) is 16.2 Å². The molecule has 0 bridgehead atoms. The lowest BCUT2D eigenvalue weighted by atomic mass is 10.3. The molecule has 0 aliphatic heterocycles. The summed E-state index contributed by atoms with van der Waals surface area (Å²) in [4.78, 5) is 22.4. The molecule has 2 rings (SSSR count). The normalized spacial score (nSPS) is 10.6. The maximum absolute atomic E-state index is 11.6. The molecule has 0 aliphatic carbocycles. The van der Waals surface area contributed by atoms with Crippen LogP contribution in [0.15, 0.2) is 30.1 Å².